The lowest BCUT2D eigenvalue weighted by molar-refractivity contribution is -0.385. The van der Waals surface area contributed by atoms with Crippen LogP contribution >= 0.6 is 0 Å². The molecule has 10 nitrogen and oxygen atoms in total. The number of piperidine rings is 1. The van der Waals surface area contributed by atoms with Gasteiger partial charge in [-0.3, -0.25) is 24.5 Å². The van der Waals surface area contributed by atoms with Crippen molar-refractivity contribution in [2.24, 2.45) is 5.92 Å². The van der Waals surface area contributed by atoms with Crippen LogP contribution in [0, 0.1) is 16.0 Å². The summed E-state index contributed by atoms with van der Waals surface area (Å²) in [6, 6.07) is 3.78. The second kappa shape index (κ2) is 7.69. The average Bonchev–Trinajstić information content (AvgIpc) is 2.67. The van der Waals surface area contributed by atoms with E-state index in [4.69, 9.17) is 4.74 Å². The van der Waals surface area contributed by atoms with E-state index < -0.39 is 22.3 Å². The highest BCUT2D eigenvalue weighted by Crippen LogP contribution is 2.37. The van der Waals surface area contributed by atoms with E-state index in [1.54, 1.807) is 0 Å². The third-order valence-corrected chi connectivity index (χ3v) is 5.09. The molecule has 2 aliphatic rings. The number of hydrogen-bond donors (Lipinski definition) is 2. The molecule has 156 valence electrons. The molecule has 2 heterocycles. The molecule has 2 atom stereocenters. The molecule has 0 aromatic heterocycles. The molecule has 29 heavy (non-hydrogen) atoms. The summed E-state index contributed by atoms with van der Waals surface area (Å²) < 4.78 is 5.69. The van der Waals surface area contributed by atoms with Crippen LogP contribution in [0.15, 0.2) is 18.2 Å². The number of carbonyl (C=O) groups excluding carboxylic acids is 3. The summed E-state index contributed by atoms with van der Waals surface area (Å²) in [5, 5.41) is 16.5. The van der Waals surface area contributed by atoms with Crippen LogP contribution in [0.2, 0.25) is 0 Å². The smallest absolute Gasteiger partial charge is 0.278 e. The predicted molar refractivity (Wildman–Crippen MR) is 103 cm³/mol. The predicted octanol–water partition coefficient (Wildman–Crippen LogP) is 1.45. The number of nitro benzene ring substituents is 1. The first kappa shape index (κ1) is 20.6. The first-order valence-corrected chi connectivity index (χ1v) is 9.50. The molecule has 10 heteroatoms. The number of nitro groups is 1. The minimum Gasteiger partial charge on any atom is -0.465 e. The lowest BCUT2D eigenvalue weighted by atomic mass is 9.93. The molecule has 0 saturated carbocycles. The fourth-order valence-electron chi connectivity index (χ4n) is 3.54. The molecule has 1 fully saturated rings. The van der Waals surface area contributed by atoms with E-state index >= 15 is 0 Å². The van der Waals surface area contributed by atoms with Crippen molar-refractivity contribution < 1.29 is 24.0 Å². The van der Waals surface area contributed by atoms with Crippen LogP contribution in [0.1, 0.15) is 33.6 Å². The molecular weight excluding hydrogens is 380 g/mol. The number of nitrogens with one attached hydrogen (secondary N) is 2. The van der Waals surface area contributed by atoms with Crippen LogP contribution in [0.5, 0.6) is 5.75 Å². The number of amides is 3. The van der Waals surface area contributed by atoms with E-state index in [2.05, 4.69) is 10.6 Å². The van der Waals surface area contributed by atoms with Gasteiger partial charge in [-0.25, -0.2) is 0 Å². The first-order chi connectivity index (χ1) is 13.6. The lowest BCUT2D eigenvalue weighted by Crippen LogP contribution is -2.61. The lowest BCUT2D eigenvalue weighted by Gasteiger charge is -2.39. The summed E-state index contributed by atoms with van der Waals surface area (Å²) >= 11 is 0. The van der Waals surface area contributed by atoms with Crippen molar-refractivity contribution >= 4 is 29.1 Å². The molecule has 0 aliphatic carbocycles. The minimum atomic E-state index is -1.88. The summed E-state index contributed by atoms with van der Waals surface area (Å²) in [7, 11) is 0. The van der Waals surface area contributed by atoms with Crippen molar-refractivity contribution in [1.29, 1.82) is 0 Å². The first-order valence-electron chi connectivity index (χ1n) is 9.50. The van der Waals surface area contributed by atoms with Crippen molar-refractivity contribution in [3.8, 4) is 5.75 Å². The molecule has 2 aliphatic heterocycles. The molecule has 0 bridgehead atoms. The fourth-order valence-corrected chi connectivity index (χ4v) is 3.54. The van der Waals surface area contributed by atoms with E-state index in [-0.39, 0.29) is 41.5 Å². The van der Waals surface area contributed by atoms with Crippen LogP contribution in [-0.2, 0) is 14.4 Å². The zero-order chi connectivity index (χ0) is 21.3. The summed E-state index contributed by atoms with van der Waals surface area (Å²) in [6.07, 6.45) is 1.28. The van der Waals surface area contributed by atoms with Crippen LogP contribution in [0.4, 0.5) is 11.4 Å². The maximum atomic E-state index is 13.2. The van der Waals surface area contributed by atoms with Gasteiger partial charge in [-0.05, 0) is 39.7 Å². The Labute approximate surface area is 167 Å². The number of ether oxygens (including phenoxy) is 1. The Kier molecular flexibility index (Phi) is 5.45. The topological polar surface area (TPSA) is 131 Å². The van der Waals surface area contributed by atoms with Gasteiger partial charge in [0.05, 0.1) is 22.6 Å². The largest absolute Gasteiger partial charge is 0.465 e. The highest BCUT2D eigenvalue weighted by atomic mass is 16.6. The Balaban J connectivity index is 1.80. The third kappa shape index (κ3) is 4.01. The zero-order valence-electron chi connectivity index (χ0n) is 16.6. The highest BCUT2D eigenvalue weighted by Gasteiger charge is 2.50. The Bertz CT molecular complexity index is 870. The number of benzene rings is 1. The average molecular weight is 404 g/mol. The Morgan fingerprint density at radius 3 is 2.79 bits per heavy atom. The van der Waals surface area contributed by atoms with Gasteiger partial charge in [0.15, 0.2) is 5.75 Å². The summed E-state index contributed by atoms with van der Waals surface area (Å²) in [4.78, 5) is 50.1. The Morgan fingerprint density at radius 2 is 2.14 bits per heavy atom. The van der Waals surface area contributed by atoms with E-state index in [1.807, 2.05) is 13.8 Å². The quantitative estimate of drug-likeness (QED) is 0.444. The van der Waals surface area contributed by atoms with Gasteiger partial charge in [0, 0.05) is 25.2 Å². The molecule has 2 unspecified atom stereocenters. The van der Waals surface area contributed by atoms with Gasteiger partial charge >= 0.3 is 0 Å². The number of non-ortho nitro benzene ring substituents is 1. The molecular formula is C19H24N4O6. The van der Waals surface area contributed by atoms with Gasteiger partial charge in [0.2, 0.25) is 5.91 Å². The SMILES string of the molecule is CC(C)NC(=O)C1CCCN(C(=O)C2(C)Oc3cc([N+](=O)[O-])ccc3NC2=O)C1. The van der Waals surface area contributed by atoms with Gasteiger partial charge in [0.1, 0.15) is 0 Å². The summed E-state index contributed by atoms with van der Waals surface area (Å²) in [5.74, 6) is -1.66. The molecule has 3 rings (SSSR count). The van der Waals surface area contributed by atoms with E-state index in [0.717, 1.165) is 0 Å². The van der Waals surface area contributed by atoms with Gasteiger partial charge < -0.3 is 20.3 Å². The normalized spacial score (nSPS) is 23.7. The number of fused-ring (bicyclic) bond motifs is 1. The number of anilines is 1. The molecule has 0 radical (unpaired) electrons. The van der Waals surface area contributed by atoms with E-state index in [1.165, 1.54) is 30.0 Å². The van der Waals surface area contributed by atoms with Gasteiger partial charge in [-0.15, -0.1) is 0 Å². The van der Waals surface area contributed by atoms with Crippen molar-refractivity contribution in [3.63, 3.8) is 0 Å². The maximum Gasteiger partial charge on any atom is 0.278 e. The highest BCUT2D eigenvalue weighted by molar-refractivity contribution is 6.15. The number of nitrogens with zero attached hydrogens (tertiary/aromatic N) is 2. The van der Waals surface area contributed by atoms with Crippen molar-refractivity contribution in [2.75, 3.05) is 18.4 Å². The monoisotopic (exact) mass is 404 g/mol. The molecule has 1 saturated heterocycles. The minimum absolute atomic E-state index is 0.00848. The van der Waals surface area contributed by atoms with Gasteiger partial charge in [0.25, 0.3) is 23.1 Å². The van der Waals surface area contributed by atoms with E-state index in [0.29, 0.717) is 19.4 Å². The van der Waals surface area contributed by atoms with Crippen LogP contribution < -0.4 is 15.4 Å². The van der Waals surface area contributed by atoms with Gasteiger partial charge in [-0.2, -0.15) is 0 Å². The fraction of sp³-hybridized carbons (Fsp3) is 0.526. The van der Waals surface area contributed by atoms with Crippen molar-refractivity contribution in [1.82, 2.24) is 10.2 Å². The molecule has 2 N–H and O–H groups in total. The number of rotatable bonds is 4. The molecule has 0 spiro atoms. The molecule has 3 amide bonds. The third-order valence-electron chi connectivity index (χ3n) is 5.09. The second-order valence-corrected chi connectivity index (χ2v) is 7.78. The van der Waals surface area contributed by atoms with Crippen LogP contribution in [-0.4, -0.2) is 52.3 Å². The zero-order valence-corrected chi connectivity index (χ0v) is 16.6. The Morgan fingerprint density at radius 1 is 1.41 bits per heavy atom. The van der Waals surface area contributed by atoms with Gasteiger partial charge in [-0.1, -0.05) is 0 Å². The second-order valence-electron chi connectivity index (χ2n) is 7.78. The number of likely N-dealkylation sites (tertiary alicyclic amines) is 1. The summed E-state index contributed by atoms with van der Waals surface area (Å²) in [5.41, 5.74) is -1.82. The van der Waals surface area contributed by atoms with Crippen molar-refractivity contribution in [2.45, 2.75) is 45.3 Å². The number of hydrogen-bond acceptors (Lipinski definition) is 6. The number of carbonyl (C=O) groups is 3. The molecule has 1 aromatic carbocycles. The van der Waals surface area contributed by atoms with Crippen LogP contribution in [0.25, 0.3) is 0 Å². The summed E-state index contributed by atoms with van der Waals surface area (Å²) in [6.45, 7) is 5.65. The van der Waals surface area contributed by atoms with Crippen LogP contribution in [0.3, 0.4) is 0 Å². The Hall–Kier alpha value is -3.17. The standard InChI is InChI=1S/C19H24N4O6/c1-11(2)20-16(24)12-5-4-8-22(10-12)18(26)19(3)17(25)21-14-7-6-13(23(27)28)9-15(14)29-19/h6-7,9,11-12H,4-5,8,10H2,1-3H3,(H,20,24)(H,21,25). The van der Waals surface area contributed by atoms with Crippen molar-refractivity contribution in [3.05, 3.63) is 28.3 Å². The molecule has 1 aromatic rings. The maximum absolute atomic E-state index is 13.2. The van der Waals surface area contributed by atoms with E-state index in [9.17, 15) is 24.5 Å².